The lowest BCUT2D eigenvalue weighted by Crippen LogP contribution is -2.43. The lowest BCUT2D eigenvalue weighted by atomic mass is 9.96. The Balaban J connectivity index is 1.72. The fraction of sp³-hybridized carbons (Fsp3) is 0.524. The number of aryl methyl sites for hydroxylation is 2. The number of furan rings is 1. The Labute approximate surface area is 182 Å². The average molecular weight is 452 g/mol. The van der Waals surface area contributed by atoms with Crippen molar-refractivity contribution in [2.24, 2.45) is 5.92 Å². The molecule has 0 atom stereocenters. The maximum atomic E-state index is 13.4. The van der Waals surface area contributed by atoms with E-state index in [1.807, 2.05) is 0 Å². The number of sulfonamides is 1. The molecule has 1 aliphatic rings. The molecule has 2 aromatic rings. The van der Waals surface area contributed by atoms with Crippen LogP contribution in [-0.4, -0.2) is 61.2 Å². The Morgan fingerprint density at radius 2 is 1.94 bits per heavy atom. The summed E-state index contributed by atoms with van der Waals surface area (Å²) in [6.45, 7) is 5.89. The summed E-state index contributed by atoms with van der Waals surface area (Å²) in [5.74, 6) is -0.257. The first-order valence-electron chi connectivity index (χ1n) is 10.3. The third-order valence-electron chi connectivity index (χ3n) is 5.55. The van der Waals surface area contributed by atoms with Gasteiger partial charge in [-0.2, -0.15) is 4.31 Å². The molecule has 0 saturated carbocycles. The van der Waals surface area contributed by atoms with Crippen LogP contribution in [0.5, 0.6) is 0 Å². The molecule has 3 rings (SSSR count). The van der Waals surface area contributed by atoms with Crippen molar-refractivity contribution >= 4 is 21.9 Å². The SMILES string of the molecule is CCOC(=O)c1c(C)[nH]c(C)c1S(=O)(=O)N1CCC(C(=O)N(C)Cc2ccco2)CC1. The molecule has 0 radical (unpaired) electrons. The smallest absolute Gasteiger partial charge is 0.341 e. The molecule has 3 heterocycles. The zero-order valence-electron chi connectivity index (χ0n) is 18.3. The summed E-state index contributed by atoms with van der Waals surface area (Å²) < 4.78 is 38.4. The molecule has 2 aromatic heterocycles. The van der Waals surface area contributed by atoms with Gasteiger partial charge in [-0.15, -0.1) is 0 Å². The number of ether oxygens (including phenoxy) is 1. The van der Waals surface area contributed by atoms with Crippen LogP contribution < -0.4 is 0 Å². The molecule has 1 amide bonds. The number of hydrogen-bond donors (Lipinski definition) is 1. The van der Waals surface area contributed by atoms with Crippen molar-refractivity contribution in [3.8, 4) is 0 Å². The van der Waals surface area contributed by atoms with E-state index in [1.54, 1.807) is 51.1 Å². The van der Waals surface area contributed by atoms with Gasteiger partial charge < -0.3 is 19.0 Å². The summed E-state index contributed by atoms with van der Waals surface area (Å²) in [5.41, 5.74) is 0.909. The van der Waals surface area contributed by atoms with Crippen molar-refractivity contribution in [1.82, 2.24) is 14.2 Å². The number of amides is 1. The third-order valence-corrected chi connectivity index (χ3v) is 7.62. The second kappa shape index (κ2) is 9.27. The highest BCUT2D eigenvalue weighted by atomic mass is 32.2. The molecule has 0 spiro atoms. The van der Waals surface area contributed by atoms with Gasteiger partial charge in [0.25, 0.3) is 0 Å². The van der Waals surface area contributed by atoms with E-state index in [0.717, 1.165) is 0 Å². The van der Waals surface area contributed by atoms with Crippen LogP contribution in [0.4, 0.5) is 0 Å². The number of H-pyrrole nitrogens is 1. The number of rotatable bonds is 7. The molecule has 31 heavy (non-hydrogen) atoms. The van der Waals surface area contributed by atoms with E-state index < -0.39 is 16.0 Å². The minimum atomic E-state index is -3.91. The highest BCUT2D eigenvalue weighted by molar-refractivity contribution is 7.89. The fourth-order valence-electron chi connectivity index (χ4n) is 4.03. The summed E-state index contributed by atoms with van der Waals surface area (Å²) in [7, 11) is -2.20. The van der Waals surface area contributed by atoms with Crippen molar-refractivity contribution < 1.29 is 27.2 Å². The molecule has 1 fully saturated rings. The quantitative estimate of drug-likeness (QED) is 0.647. The van der Waals surface area contributed by atoms with Gasteiger partial charge in [-0.3, -0.25) is 4.79 Å². The number of carbonyl (C=O) groups is 2. The molecule has 170 valence electrons. The first-order chi connectivity index (χ1) is 14.7. The minimum absolute atomic E-state index is 0.0330. The van der Waals surface area contributed by atoms with Crippen LogP contribution in [0.1, 0.15) is 47.3 Å². The number of nitrogens with zero attached hydrogens (tertiary/aromatic N) is 2. The molecule has 0 bridgehead atoms. The first-order valence-corrected chi connectivity index (χ1v) is 11.7. The highest BCUT2D eigenvalue weighted by Gasteiger charge is 2.37. The van der Waals surface area contributed by atoms with Gasteiger partial charge in [0.15, 0.2) is 0 Å². The van der Waals surface area contributed by atoms with Crippen LogP contribution in [0.3, 0.4) is 0 Å². The molecule has 10 heteroatoms. The molecule has 1 N–H and O–H groups in total. The second-order valence-electron chi connectivity index (χ2n) is 7.75. The van der Waals surface area contributed by atoms with Crippen molar-refractivity contribution in [3.63, 3.8) is 0 Å². The molecule has 0 unspecified atom stereocenters. The maximum Gasteiger partial charge on any atom is 0.341 e. The first kappa shape index (κ1) is 23.1. The molecular formula is C21H29N3O6S. The van der Waals surface area contributed by atoms with Crippen LogP contribution in [-0.2, 0) is 26.1 Å². The maximum absolute atomic E-state index is 13.4. The van der Waals surface area contributed by atoms with Crippen molar-refractivity contribution in [3.05, 3.63) is 41.1 Å². The summed E-state index contributed by atoms with van der Waals surface area (Å²) in [5, 5.41) is 0. The predicted molar refractivity (Wildman–Crippen MR) is 113 cm³/mol. The van der Waals surface area contributed by atoms with E-state index in [-0.39, 0.29) is 42.0 Å². The van der Waals surface area contributed by atoms with E-state index in [9.17, 15) is 18.0 Å². The number of esters is 1. The lowest BCUT2D eigenvalue weighted by molar-refractivity contribution is -0.136. The molecular weight excluding hydrogens is 422 g/mol. The lowest BCUT2D eigenvalue weighted by Gasteiger charge is -2.32. The van der Waals surface area contributed by atoms with Crippen LogP contribution in [0.25, 0.3) is 0 Å². The fourth-order valence-corrected chi connectivity index (χ4v) is 5.91. The Morgan fingerprint density at radius 3 is 2.52 bits per heavy atom. The largest absolute Gasteiger partial charge is 0.467 e. The topological polar surface area (TPSA) is 113 Å². The van der Waals surface area contributed by atoms with Gasteiger partial charge >= 0.3 is 5.97 Å². The van der Waals surface area contributed by atoms with Crippen molar-refractivity contribution in [1.29, 1.82) is 0 Å². The molecule has 0 aromatic carbocycles. The summed E-state index contributed by atoms with van der Waals surface area (Å²) in [6, 6.07) is 3.58. The number of aromatic amines is 1. The second-order valence-corrected chi connectivity index (χ2v) is 9.63. The Bertz CT molecular complexity index is 1030. The number of aromatic nitrogens is 1. The third kappa shape index (κ3) is 4.69. The predicted octanol–water partition coefficient (Wildman–Crippen LogP) is 2.46. The zero-order valence-corrected chi connectivity index (χ0v) is 19.1. The summed E-state index contributed by atoms with van der Waals surface area (Å²) >= 11 is 0. The van der Waals surface area contributed by atoms with E-state index in [0.29, 0.717) is 36.5 Å². The summed E-state index contributed by atoms with van der Waals surface area (Å²) in [6.07, 6.45) is 2.39. The molecule has 0 aliphatic carbocycles. The summed E-state index contributed by atoms with van der Waals surface area (Å²) in [4.78, 5) is 29.7. The van der Waals surface area contributed by atoms with Crippen LogP contribution in [0.2, 0.25) is 0 Å². The number of piperidine rings is 1. The monoisotopic (exact) mass is 451 g/mol. The van der Waals surface area contributed by atoms with Crippen LogP contribution in [0.15, 0.2) is 27.7 Å². The van der Waals surface area contributed by atoms with Crippen molar-refractivity contribution in [2.75, 3.05) is 26.7 Å². The Morgan fingerprint density at radius 1 is 1.26 bits per heavy atom. The standard InChI is InChI=1S/C21H29N3O6S/c1-5-29-21(26)18-14(2)22-15(3)19(18)31(27,28)24-10-8-16(9-11-24)20(25)23(4)13-17-7-6-12-30-17/h6-7,12,16,22H,5,8-11,13H2,1-4H3. The van der Waals surface area contributed by atoms with Gasteiger partial charge in [0.1, 0.15) is 16.2 Å². The Kier molecular flexibility index (Phi) is 6.90. The van der Waals surface area contributed by atoms with Crippen LogP contribution in [0, 0.1) is 19.8 Å². The van der Waals surface area contributed by atoms with E-state index in [1.165, 1.54) is 4.31 Å². The van der Waals surface area contributed by atoms with Crippen LogP contribution >= 0.6 is 0 Å². The zero-order chi connectivity index (χ0) is 22.8. The number of nitrogens with one attached hydrogen (secondary N) is 1. The molecule has 1 aliphatic heterocycles. The van der Waals surface area contributed by atoms with Crippen molar-refractivity contribution in [2.45, 2.75) is 45.1 Å². The van der Waals surface area contributed by atoms with Gasteiger partial charge in [-0.25, -0.2) is 13.2 Å². The van der Waals surface area contributed by atoms with Gasteiger partial charge in [0.2, 0.25) is 15.9 Å². The minimum Gasteiger partial charge on any atom is -0.467 e. The van der Waals surface area contributed by atoms with Gasteiger partial charge in [-0.05, 0) is 45.7 Å². The Hall–Kier alpha value is -2.59. The molecule has 9 nitrogen and oxygen atoms in total. The highest BCUT2D eigenvalue weighted by Crippen LogP contribution is 2.31. The molecule has 1 saturated heterocycles. The number of hydrogen-bond acceptors (Lipinski definition) is 6. The van der Waals surface area contributed by atoms with E-state index in [2.05, 4.69) is 4.98 Å². The average Bonchev–Trinajstić information content (AvgIpc) is 3.34. The van der Waals surface area contributed by atoms with Gasteiger partial charge in [-0.1, -0.05) is 0 Å². The normalized spacial score (nSPS) is 15.7. The van der Waals surface area contributed by atoms with Gasteiger partial charge in [0, 0.05) is 37.4 Å². The number of carbonyl (C=O) groups excluding carboxylic acids is 2. The van der Waals surface area contributed by atoms with E-state index in [4.69, 9.17) is 9.15 Å². The van der Waals surface area contributed by atoms with Gasteiger partial charge in [0.05, 0.1) is 19.4 Å². The van der Waals surface area contributed by atoms with E-state index >= 15 is 0 Å².